The van der Waals surface area contributed by atoms with Crippen molar-refractivity contribution >= 4 is 28.0 Å². The third-order valence-corrected chi connectivity index (χ3v) is 4.36. The predicted molar refractivity (Wildman–Crippen MR) is 100 cm³/mol. The standard InChI is InChI=1S/C18H21BrF4N2O4/c1-16(2,3)29-15(26)24-14-25-17(4,11-7-10(19)5-6-12(11)20)13(8-27-14)28-9-18(21,22)23/h5-7,13H,8-9H2,1-4H3,(H,24,25,26)/t13?,17-/m1/s1. The SMILES string of the molecule is CC(C)(C)OC(=O)NC1=N[C@](C)(c2cc(Br)ccc2F)C(OCC(F)(F)F)CO1. The quantitative estimate of drug-likeness (QED) is 0.633. The van der Waals surface area contributed by atoms with Crippen molar-refractivity contribution in [3.05, 3.63) is 34.1 Å². The van der Waals surface area contributed by atoms with Gasteiger partial charge in [-0.05, 0) is 45.9 Å². The average molecular weight is 485 g/mol. The Morgan fingerprint density at radius 1 is 1.38 bits per heavy atom. The lowest BCUT2D eigenvalue weighted by molar-refractivity contribution is -0.197. The Morgan fingerprint density at radius 2 is 2.03 bits per heavy atom. The second kappa shape index (κ2) is 8.47. The van der Waals surface area contributed by atoms with Gasteiger partial charge >= 0.3 is 12.3 Å². The second-order valence-electron chi connectivity index (χ2n) is 7.54. The molecule has 1 aliphatic heterocycles. The normalized spacial score (nSPS) is 22.5. The van der Waals surface area contributed by atoms with E-state index >= 15 is 0 Å². The Balaban J connectivity index is 2.38. The van der Waals surface area contributed by atoms with Crippen molar-refractivity contribution in [1.82, 2.24) is 5.32 Å². The van der Waals surface area contributed by atoms with Crippen LogP contribution in [0.25, 0.3) is 0 Å². The molecule has 0 aliphatic carbocycles. The molecule has 0 spiro atoms. The highest BCUT2D eigenvalue weighted by Crippen LogP contribution is 2.37. The number of hydrogen-bond donors (Lipinski definition) is 1. The van der Waals surface area contributed by atoms with Crippen molar-refractivity contribution in [3.63, 3.8) is 0 Å². The summed E-state index contributed by atoms with van der Waals surface area (Å²) in [6, 6.07) is 3.67. The largest absolute Gasteiger partial charge is 0.462 e. The van der Waals surface area contributed by atoms with Gasteiger partial charge in [0.1, 0.15) is 36.3 Å². The zero-order chi connectivity index (χ0) is 22.0. The van der Waals surface area contributed by atoms with E-state index in [1.807, 2.05) is 0 Å². The number of nitrogens with one attached hydrogen (secondary N) is 1. The fraction of sp³-hybridized carbons (Fsp3) is 0.556. The van der Waals surface area contributed by atoms with Gasteiger partial charge in [-0.25, -0.2) is 19.5 Å². The Labute approximate surface area is 173 Å². The lowest BCUT2D eigenvalue weighted by Gasteiger charge is -2.38. The number of benzene rings is 1. The minimum Gasteiger partial charge on any atom is -0.462 e. The third-order valence-electron chi connectivity index (χ3n) is 3.86. The molecule has 11 heteroatoms. The van der Waals surface area contributed by atoms with Crippen molar-refractivity contribution in [2.75, 3.05) is 13.2 Å². The molecule has 29 heavy (non-hydrogen) atoms. The predicted octanol–water partition coefficient (Wildman–Crippen LogP) is 4.66. The second-order valence-corrected chi connectivity index (χ2v) is 8.46. The van der Waals surface area contributed by atoms with Crippen LogP contribution in [0.4, 0.5) is 22.4 Å². The van der Waals surface area contributed by atoms with Crippen LogP contribution >= 0.6 is 15.9 Å². The number of alkyl carbamates (subject to hydrolysis) is 1. The van der Waals surface area contributed by atoms with Crippen molar-refractivity contribution < 1.29 is 36.6 Å². The molecular weight excluding hydrogens is 464 g/mol. The molecule has 1 amide bonds. The van der Waals surface area contributed by atoms with Crippen LogP contribution in [-0.2, 0) is 19.7 Å². The van der Waals surface area contributed by atoms with Gasteiger partial charge in [0, 0.05) is 10.0 Å². The van der Waals surface area contributed by atoms with E-state index in [9.17, 15) is 22.4 Å². The number of alkyl halides is 3. The van der Waals surface area contributed by atoms with Gasteiger partial charge in [-0.1, -0.05) is 15.9 Å². The van der Waals surface area contributed by atoms with E-state index in [0.717, 1.165) is 6.07 Å². The zero-order valence-corrected chi connectivity index (χ0v) is 17.8. The maximum atomic E-state index is 14.5. The monoisotopic (exact) mass is 484 g/mol. The van der Waals surface area contributed by atoms with Crippen LogP contribution in [0.15, 0.2) is 27.7 Å². The van der Waals surface area contributed by atoms with Crippen LogP contribution in [0.5, 0.6) is 0 Å². The van der Waals surface area contributed by atoms with Crippen LogP contribution in [0.1, 0.15) is 33.3 Å². The third kappa shape index (κ3) is 6.56. The summed E-state index contributed by atoms with van der Waals surface area (Å²) in [5.41, 5.74) is -2.43. The van der Waals surface area contributed by atoms with E-state index in [0.29, 0.717) is 4.47 Å². The number of amides is 1. The van der Waals surface area contributed by atoms with Crippen molar-refractivity contribution in [2.24, 2.45) is 4.99 Å². The number of nitrogens with zero attached hydrogens (tertiary/aromatic N) is 1. The molecule has 162 valence electrons. The highest BCUT2D eigenvalue weighted by atomic mass is 79.9. The van der Waals surface area contributed by atoms with Gasteiger partial charge in [0.05, 0.1) is 0 Å². The average Bonchev–Trinajstić information content (AvgIpc) is 2.53. The molecule has 1 unspecified atom stereocenters. The molecular formula is C18H21BrF4N2O4. The summed E-state index contributed by atoms with van der Waals surface area (Å²) in [6.45, 7) is 4.40. The number of rotatable bonds is 3. The highest BCUT2D eigenvalue weighted by molar-refractivity contribution is 9.10. The number of carbonyl (C=O) groups is 1. The first kappa shape index (κ1) is 23.4. The summed E-state index contributed by atoms with van der Waals surface area (Å²) in [6.07, 6.45) is -6.73. The van der Waals surface area contributed by atoms with Crippen LogP contribution < -0.4 is 5.32 Å². The number of halogens is 5. The number of hydrogen-bond acceptors (Lipinski definition) is 5. The van der Waals surface area contributed by atoms with Crippen LogP contribution in [0.3, 0.4) is 0 Å². The molecule has 0 saturated carbocycles. The fourth-order valence-electron chi connectivity index (χ4n) is 2.61. The van der Waals surface area contributed by atoms with E-state index in [2.05, 4.69) is 26.2 Å². The molecule has 6 nitrogen and oxygen atoms in total. The van der Waals surface area contributed by atoms with E-state index < -0.39 is 48.5 Å². The number of carbonyl (C=O) groups excluding carboxylic acids is 1. The van der Waals surface area contributed by atoms with Crippen molar-refractivity contribution in [1.29, 1.82) is 0 Å². The Morgan fingerprint density at radius 3 is 2.62 bits per heavy atom. The van der Waals surface area contributed by atoms with Gasteiger partial charge < -0.3 is 14.2 Å². The lowest BCUT2D eigenvalue weighted by Crippen LogP contribution is -2.50. The van der Waals surface area contributed by atoms with Gasteiger partial charge in [-0.15, -0.1) is 0 Å². The van der Waals surface area contributed by atoms with Crippen molar-refractivity contribution in [3.8, 4) is 0 Å². The summed E-state index contributed by atoms with van der Waals surface area (Å²) in [7, 11) is 0. The summed E-state index contributed by atoms with van der Waals surface area (Å²) in [5, 5.41) is 2.28. The molecule has 0 aromatic heterocycles. The van der Waals surface area contributed by atoms with Gasteiger partial charge in [-0.3, -0.25) is 0 Å². The van der Waals surface area contributed by atoms with Gasteiger partial charge in [0.15, 0.2) is 0 Å². The number of aliphatic imine (C=N–C) groups is 1. The highest BCUT2D eigenvalue weighted by Gasteiger charge is 2.45. The molecule has 0 saturated heterocycles. The molecule has 0 bridgehead atoms. The smallest absolute Gasteiger partial charge is 0.415 e. The molecule has 1 aliphatic rings. The van der Waals surface area contributed by atoms with Crippen LogP contribution in [-0.4, -0.2) is 43.2 Å². The fourth-order valence-corrected chi connectivity index (χ4v) is 2.97. The zero-order valence-electron chi connectivity index (χ0n) is 16.2. The summed E-state index contributed by atoms with van der Waals surface area (Å²) >= 11 is 3.21. The Kier molecular flexibility index (Phi) is 6.83. The molecule has 2 atom stereocenters. The Hall–Kier alpha value is -1.88. The van der Waals surface area contributed by atoms with E-state index in [4.69, 9.17) is 14.2 Å². The van der Waals surface area contributed by atoms with E-state index in [1.165, 1.54) is 19.1 Å². The maximum Gasteiger partial charge on any atom is 0.415 e. The molecule has 1 aromatic rings. The van der Waals surface area contributed by atoms with Crippen LogP contribution in [0, 0.1) is 5.82 Å². The van der Waals surface area contributed by atoms with Crippen LogP contribution in [0.2, 0.25) is 0 Å². The van der Waals surface area contributed by atoms with E-state index in [1.54, 1.807) is 20.8 Å². The molecule has 0 radical (unpaired) electrons. The minimum absolute atomic E-state index is 0.0224. The number of ether oxygens (including phenoxy) is 3. The van der Waals surface area contributed by atoms with E-state index in [-0.39, 0.29) is 11.6 Å². The topological polar surface area (TPSA) is 69.2 Å². The maximum absolute atomic E-state index is 14.5. The van der Waals surface area contributed by atoms with Gasteiger partial charge in [0.25, 0.3) is 6.02 Å². The molecule has 1 aromatic carbocycles. The lowest BCUT2D eigenvalue weighted by atomic mass is 9.86. The van der Waals surface area contributed by atoms with Gasteiger partial charge in [-0.2, -0.15) is 13.2 Å². The minimum atomic E-state index is -4.59. The first-order valence-corrected chi connectivity index (χ1v) is 9.35. The van der Waals surface area contributed by atoms with Crippen molar-refractivity contribution in [2.45, 2.75) is 51.1 Å². The van der Waals surface area contributed by atoms with Gasteiger partial charge in [0.2, 0.25) is 0 Å². The molecule has 2 rings (SSSR count). The summed E-state index contributed by atoms with van der Waals surface area (Å²) < 4.78 is 68.3. The summed E-state index contributed by atoms with van der Waals surface area (Å²) in [4.78, 5) is 16.1. The molecule has 0 fully saturated rings. The molecule has 1 heterocycles. The first-order chi connectivity index (χ1) is 13.2. The summed E-state index contributed by atoms with van der Waals surface area (Å²) in [5.74, 6) is -0.696. The first-order valence-electron chi connectivity index (χ1n) is 8.56. The Bertz CT molecular complexity index is 795. The molecule has 1 N–H and O–H groups in total. The number of amidine groups is 1.